The Morgan fingerprint density at radius 1 is 1.19 bits per heavy atom. The van der Waals surface area contributed by atoms with E-state index in [1.54, 1.807) is 12.4 Å². The molecule has 0 radical (unpaired) electrons. The Morgan fingerprint density at radius 3 is 2.61 bits per heavy atom. The van der Waals surface area contributed by atoms with E-state index in [0.717, 1.165) is 61.6 Å². The Bertz CT molecular complexity index is 1080. The third-order valence-electron chi connectivity index (χ3n) is 6.29. The van der Waals surface area contributed by atoms with E-state index in [0.29, 0.717) is 13.0 Å². The van der Waals surface area contributed by atoms with Crippen molar-refractivity contribution in [2.75, 3.05) is 25.4 Å². The Labute approximate surface area is 211 Å². The third kappa shape index (κ3) is 6.70. The lowest BCUT2D eigenvalue weighted by atomic mass is 9.92. The van der Waals surface area contributed by atoms with Crippen molar-refractivity contribution < 1.29 is 37.3 Å². The summed E-state index contributed by atoms with van der Waals surface area (Å²) in [6.45, 7) is 3.12. The van der Waals surface area contributed by atoms with Gasteiger partial charge in [0.25, 0.3) is 0 Å². The molecule has 36 heavy (non-hydrogen) atoms. The number of pyridine rings is 1. The second-order valence-electron chi connectivity index (χ2n) is 9.11. The highest BCUT2D eigenvalue weighted by atomic mass is 32.2. The molecule has 2 fully saturated rings. The van der Waals surface area contributed by atoms with Crippen LogP contribution in [0.5, 0.6) is 5.75 Å². The number of halogens is 3. The lowest BCUT2D eigenvalue weighted by Gasteiger charge is -2.47. The van der Waals surface area contributed by atoms with Crippen LogP contribution in [0, 0.1) is 0 Å². The SMILES string of the molecule is O=C(Cc1ccc2c(c1)CCCO2)N1CC2(CC(OCc3ccncc3)CS2)C1.O=C(O)C(F)(F)F. The van der Waals surface area contributed by atoms with Crippen LogP contribution in [0.2, 0.25) is 0 Å². The molecule has 1 amide bonds. The number of carbonyl (C=O) groups is 2. The van der Waals surface area contributed by atoms with Crippen molar-refractivity contribution in [2.45, 2.75) is 49.3 Å². The van der Waals surface area contributed by atoms with Crippen LogP contribution in [0.4, 0.5) is 13.2 Å². The number of likely N-dealkylation sites (tertiary alicyclic amines) is 1. The zero-order valence-corrected chi connectivity index (χ0v) is 20.3. The first-order chi connectivity index (χ1) is 17.1. The second kappa shape index (κ2) is 11.1. The average molecular weight is 525 g/mol. The molecule has 11 heteroatoms. The maximum absolute atomic E-state index is 12.7. The lowest BCUT2D eigenvalue weighted by Crippen LogP contribution is -2.61. The molecule has 7 nitrogen and oxygen atoms in total. The molecule has 2 saturated heterocycles. The number of fused-ring (bicyclic) bond motifs is 1. The quantitative estimate of drug-likeness (QED) is 0.635. The number of thioether (sulfide) groups is 1. The maximum Gasteiger partial charge on any atom is 0.490 e. The summed E-state index contributed by atoms with van der Waals surface area (Å²) in [5, 5.41) is 7.12. The summed E-state index contributed by atoms with van der Waals surface area (Å²) in [4.78, 5) is 27.7. The van der Waals surface area contributed by atoms with Crippen LogP contribution in [0.25, 0.3) is 0 Å². The smallest absolute Gasteiger partial charge is 0.490 e. The van der Waals surface area contributed by atoms with E-state index in [4.69, 9.17) is 19.4 Å². The Hall–Kier alpha value is -2.79. The fourth-order valence-electron chi connectivity index (χ4n) is 4.46. The molecular weight excluding hydrogens is 497 g/mol. The molecular formula is C25H27F3N2O5S. The first-order valence-corrected chi connectivity index (χ1v) is 12.6. The Balaban J connectivity index is 0.000000384. The largest absolute Gasteiger partial charge is 0.493 e. The number of carboxylic acid groups (broad SMARTS) is 1. The van der Waals surface area contributed by atoms with E-state index in [9.17, 15) is 18.0 Å². The highest BCUT2D eigenvalue weighted by molar-refractivity contribution is 8.01. The lowest BCUT2D eigenvalue weighted by molar-refractivity contribution is -0.192. The number of ether oxygens (including phenoxy) is 2. The van der Waals surface area contributed by atoms with E-state index >= 15 is 0 Å². The van der Waals surface area contributed by atoms with Gasteiger partial charge in [-0.15, -0.1) is 11.8 Å². The molecule has 1 aromatic carbocycles. The highest BCUT2D eigenvalue weighted by Crippen LogP contribution is 2.46. The van der Waals surface area contributed by atoms with Gasteiger partial charge in [-0.05, 0) is 54.2 Å². The molecule has 4 heterocycles. The summed E-state index contributed by atoms with van der Waals surface area (Å²) in [6.07, 6.45) is 2.40. The van der Waals surface area contributed by atoms with Gasteiger partial charge >= 0.3 is 12.1 Å². The molecule has 1 atom stereocenters. The molecule has 1 aromatic heterocycles. The van der Waals surface area contributed by atoms with Crippen LogP contribution in [0.3, 0.4) is 0 Å². The van der Waals surface area contributed by atoms with Gasteiger partial charge in [0.15, 0.2) is 0 Å². The number of rotatable bonds is 5. The predicted octanol–water partition coefficient (Wildman–Crippen LogP) is 3.89. The molecule has 3 aliphatic rings. The van der Waals surface area contributed by atoms with Gasteiger partial charge in [0.05, 0.1) is 30.5 Å². The normalized spacial score (nSPS) is 20.0. The summed E-state index contributed by atoms with van der Waals surface area (Å²) in [5.41, 5.74) is 3.49. The van der Waals surface area contributed by atoms with Crippen LogP contribution in [-0.4, -0.2) is 69.3 Å². The predicted molar refractivity (Wildman–Crippen MR) is 127 cm³/mol. The topological polar surface area (TPSA) is 89.0 Å². The van der Waals surface area contributed by atoms with Gasteiger partial charge in [0, 0.05) is 31.2 Å². The standard InChI is InChI=1S/C23H26N2O3S.C2HF3O2/c26-22(11-18-3-4-21-19(10-18)2-1-9-27-21)25-15-23(16-25)12-20(14-29-23)28-13-17-5-7-24-8-6-17;3-2(4,5)1(6)7/h3-8,10,20H,1-2,9,11-16H2;(H,6,7). The van der Waals surface area contributed by atoms with E-state index in [-0.39, 0.29) is 16.8 Å². The van der Waals surface area contributed by atoms with Gasteiger partial charge in [-0.1, -0.05) is 12.1 Å². The highest BCUT2D eigenvalue weighted by Gasteiger charge is 2.50. The number of alkyl halides is 3. The van der Waals surface area contributed by atoms with E-state index < -0.39 is 12.1 Å². The van der Waals surface area contributed by atoms with Crippen molar-refractivity contribution in [1.82, 2.24) is 9.88 Å². The van der Waals surface area contributed by atoms with E-state index in [2.05, 4.69) is 11.1 Å². The molecule has 1 N–H and O–H groups in total. The fourth-order valence-corrected chi connectivity index (χ4v) is 6.01. The minimum absolute atomic E-state index is 0.197. The summed E-state index contributed by atoms with van der Waals surface area (Å²) in [7, 11) is 0. The van der Waals surface area contributed by atoms with Gasteiger partial charge in [0.2, 0.25) is 5.91 Å². The molecule has 0 aliphatic carbocycles. The molecule has 0 saturated carbocycles. The van der Waals surface area contributed by atoms with Gasteiger partial charge in [0.1, 0.15) is 5.75 Å². The number of aryl methyl sites for hydroxylation is 1. The van der Waals surface area contributed by atoms with Crippen molar-refractivity contribution in [3.63, 3.8) is 0 Å². The summed E-state index contributed by atoms with van der Waals surface area (Å²) in [6, 6.07) is 10.2. The average Bonchev–Trinajstić information content (AvgIpc) is 3.27. The Morgan fingerprint density at radius 2 is 1.92 bits per heavy atom. The summed E-state index contributed by atoms with van der Waals surface area (Å²) < 4.78 is 43.7. The number of amides is 1. The van der Waals surface area contributed by atoms with Crippen LogP contribution >= 0.6 is 11.8 Å². The van der Waals surface area contributed by atoms with Gasteiger partial charge in [-0.2, -0.15) is 13.2 Å². The van der Waals surface area contributed by atoms with Crippen LogP contribution in [0.1, 0.15) is 29.5 Å². The third-order valence-corrected chi connectivity index (χ3v) is 7.87. The number of benzene rings is 1. The number of aliphatic carboxylic acids is 1. The zero-order valence-electron chi connectivity index (χ0n) is 19.5. The molecule has 1 spiro atoms. The first kappa shape index (κ1) is 26.3. The number of aromatic nitrogens is 1. The number of carboxylic acids is 1. The van der Waals surface area contributed by atoms with Gasteiger partial charge in [-0.3, -0.25) is 9.78 Å². The molecule has 1 unspecified atom stereocenters. The zero-order chi connectivity index (χ0) is 25.8. The van der Waals surface area contributed by atoms with Gasteiger partial charge < -0.3 is 19.5 Å². The molecule has 194 valence electrons. The van der Waals surface area contributed by atoms with Crippen molar-refractivity contribution in [1.29, 1.82) is 0 Å². The van der Waals surface area contributed by atoms with E-state index in [1.807, 2.05) is 40.9 Å². The van der Waals surface area contributed by atoms with Gasteiger partial charge in [-0.25, -0.2) is 4.79 Å². The molecule has 3 aliphatic heterocycles. The minimum Gasteiger partial charge on any atom is -0.493 e. The Kier molecular flexibility index (Phi) is 8.09. The summed E-state index contributed by atoms with van der Waals surface area (Å²) in [5.74, 6) is -0.533. The van der Waals surface area contributed by atoms with Crippen molar-refractivity contribution in [2.24, 2.45) is 0 Å². The molecule has 0 bridgehead atoms. The molecule has 5 rings (SSSR count). The van der Waals surface area contributed by atoms with Crippen molar-refractivity contribution >= 4 is 23.6 Å². The monoisotopic (exact) mass is 524 g/mol. The fraction of sp³-hybridized carbons (Fsp3) is 0.480. The van der Waals surface area contributed by atoms with Crippen LogP contribution < -0.4 is 4.74 Å². The second-order valence-corrected chi connectivity index (χ2v) is 10.6. The maximum atomic E-state index is 12.7. The minimum atomic E-state index is -5.08. The molecule has 2 aromatic rings. The van der Waals surface area contributed by atoms with Crippen molar-refractivity contribution in [3.05, 3.63) is 59.4 Å². The number of carbonyl (C=O) groups excluding carboxylic acids is 1. The van der Waals surface area contributed by atoms with Crippen LogP contribution in [-0.2, 0) is 33.8 Å². The van der Waals surface area contributed by atoms with E-state index in [1.165, 1.54) is 5.56 Å². The number of hydrogen-bond acceptors (Lipinski definition) is 6. The number of hydrogen-bond donors (Lipinski definition) is 1. The number of nitrogens with zero attached hydrogens (tertiary/aromatic N) is 2. The first-order valence-electron chi connectivity index (χ1n) is 11.6. The summed E-state index contributed by atoms with van der Waals surface area (Å²) >= 11 is 1.97. The van der Waals surface area contributed by atoms with Crippen LogP contribution in [0.15, 0.2) is 42.7 Å². The van der Waals surface area contributed by atoms with Crippen molar-refractivity contribution in [3.8, 4) is 5.75 Å².